The molecule has 37 heavy (non-hydrogen) atoms. The van der Waals surface area contributed by atoms with Gasteiger partial charge in [-0.1, -0.05) is 0 Å². The van der Waals surface area contributed by atoms with Crippen molar-refractivity contribution >= 4 is 44.4 Å². The number of amides is 2. The van der Waals surface area contributed by atoms with Crippen LogP contribution < -0.4 is 15.8 Å². The number of benzene rings is 1. The number of ether oxygens (including phenoxy) is 1. The van der Waals surface area contributed by atoms with Gasteiger partial charge < -0.3 is 29.8 Å². The van der Waals surface area contributed by atoms with E-state index in [4.69, 9.17) is 15.5 Å². The molecule has 1 aliphatic carbocycles. The molecule has 2 fully saturated rings. The van der Waals surface area contributed by atoms with Crippen LogP contribution >= 0.6 is 11.3 Å². The molecule has 1 saturated heterocycles. The third-order valence-corrected chi connectivity index (χ3v) is 8.65. The van der Waals surface area contributed by atoms with Crippen molar-refractivity contribution < 1.29 is 14.3 Å². The van der Waals surface area contributed by atoms with Gasteiger partial charge in [0, 0.05) is 44.2 Å². The predicted molar refractivity (Wildman–Crippen MR) is 145 cm³/mol. The zero-order valence-electron chi connectivity index (χ0n) is 21.4. The van der Waals surface area contributed by atoms with Crippen LogP contribution in [-0.2, 0) is 18.4 Å². The second kappa shape index (κ2) is 9.18. The number of carbonyl (C=O) groups excluding carboxylic acids is 2. The number of carbonyl (C=O) groups is 2. The van der Waals surface area contributed by atoms with Crippen molar-refractivity contribution in [1.29, 1.82) is 0 Å². The Kier molecular flexibility index (Phi) is 5.95. The summed E-state index contributed by atoms with van der Waals surface area (Å²) in [6.45, 7) is 1.32. The van der Waals surface area contributed by atoms with Gasteiger partial charge in [0.05, 0.1) is 18.3 Å². The van der Waals surface area contributed by atoms with Gasteiger partial charge in [-0.25, -0.2) is 4.98 Å². The van der Waals surface area contributed by atoms with Gasteiger partial charge in [-0.15, -0.1) is 11.3 Å². The fourth-order valence-electron chi connectivity index (χ4n) is 5.55. The number of aromatic nitrogens is 3. The zero-order chi connectivity index (χ0) is 25.8. The number of hydrogen-bond donors (Lipinski definition) is 2. The van der Waals surface area contributed by atoms with E-state index in [1.54, 1.807) is 42.5 Å². The van der Waals surface area contributed by atoms with Crippen LogP contribution in [0.5, 0.6) is 5.75 Å². The van der Waals surface area contributed by atoms with Crippen LogP contribution in [0.25, 0.3) is 32.8 Å². The van der Waals surface area contributed by atoms with E-state index in [1.807, 2.05) is 7.05 Å². The molecule has 0 radical (unpaired) electrons. The van der Waals surface area contributed by atoms with Crippen LogP contribution in [0, 0.1) is 5.92 Å². The lowest BCUT2D eigenvalue weighted by molar-refractivity contribution is -0.126. The van der Waals surface area contributed by atoms with Gasteiger partial charge >= 0.3 is 0 Å². The first-order chi connectivity index (χ1) is 17.9. The Morgan fingerprint density at radius 1 is 1.22 bits per heavy atom. The van der Waals surface area contributed by atoms with Crippen LogP contribution in [0.4, 0.5) is 0 Å². The maximum Gasteiger partial charge on any atom is 0.254 e. The summed E-state index contributed by atoms with van der Waals surface area (Å²) in [5, 5.41) is 6.03. The molecule has 2 atom stereocenters. The predicted octanol–water partition coefficient (Wildman–Crippen LogP) is 3.35. The Balaban J connectivity index is 1.44. The number of imidazole rings is 1. The fraction of sp³-hybridized carbons (Fsp3) is 0.444. The molecule has 0 unspecified atom stereocenters. The monoisotopic (exact) mass is 520 g/mol. The third kappa shape index (κ3) is 4.08. The van der Waals surface area contributed by atoms with Gasteiger partial charge in [0.15, 0.2) is 5.82 Å². The van der Waals surface area contributed by atoms with Crippen LogP contribution in [0.1, 0.15) is 36.0 Å². The molecule has 9 nitrogen and oxygen atoms in total. The molecular formula is C27H32N6O3S. The number of rotatable bonds is 6. The van der Waals surface area contributed by atoms with Crippen LogP contribution in [-0.4, -0.2) is 63.6 Å². The maximum atomic E-state index is 13.7. The van der Waals surface area contributed by atoms with Gasteiger partial charge in [0.2, 0.25) is 5.91 Å². The Bertz CT molecular complexity index is 1510. The van der Waals surface area contributed by atoms with E-state index in [-0.39, 0.29) is 17.9 Å². The standard InChI is InChI=1S/C27H32N6O3S/c1-29-25(34)20-7-6-18(28)14-32(20)26(35)17-10-19-23(22(12-17)36-3)31(2)24(30-19)21-11-16-8-9-37-27(16)33(21)13-15-4-5-15/h8-12,15,18,20H,4-7,13-14,28H2,1-3H3,(H,29,34)/t18-,20-/m1/s1. The number of methoxy groups -OCH3 is 1. The summed E-state index contributed by atoms with van der Waals surface area (Å²) in [7, 11) is 5.18. The van der Waals surface area contributed by atoms with Crippen molar-refractivity contribution in [2.45, 2.75) is 44.3 Å². The van der Waals surface area contributed by atoms with Crippen molar-refractivity contribution in [1.82, 2.24) is 24.3 Å². The van der Waals surface area contributed by atoms with Crippen LogP contribution in [0.15, 0.2) is 29.6 Å². The minimum atomic E-state index is -0.545. The van der Waals surface area contributed by atoms with E-state index in [2.05, 4.69) is 32.0 Å². The largest absolute Gasteiger partial charge is 0.494 e. The molecule has 3 aromatic heterocycles. The first-order valence-electron chi connectivity index (χ1n) is 12.8. The normalized spacial score (nSPS) is 20.1. The molecular weight excluding hydrogens is 488 g/mol. The summed E-state index contributed by atoms with van der Waals surface area (Å²) < 4.78 is 10.2. The van der Waals surface area contributed by atoms with Gasteiger partial charge in [0.1, 0.15) is 22.1 Å². The molecule has 194 valence electrons. The lowest BCUT2D eigenvalue weighted by Crippen LogP contribution is -2.56. The van der Waals surface area contributed by atoms with E-state index in [9.17, 15) is 9.59 Å². The van der Waals surface area contributed by atoms with Crippen molar-refractivity contribution in [2.24, 2.45) is 18.7 Å². The third-order valence-electron chi connectivity index (χ3n) is 7.70. The smallest absolute Gasteiger partial charge is 0.254 e. The number of nitrogens with zero attached hydrogens (tertiary/aromatic N) is 4. The Morgan fingerprint density at radius 2 is 2.03 bits per heavy atom. The molecule has 2 aliphatic rings. The van der Waals surface area contributed by atoms with E-state index in [0.29, 0.717) is 42.1 Å². The lowest BCUT2D eigenvalue weighted by Gasteiger charge is -2.37. The quantitative estimate of drug-likeness (QED) is 0.405. The van der Waals surface area contributed by atoms with Crippen LogP contribution in [0.2, 0.25) is 0 Å². The first-order valence-corrected chi connectivity index (χ1v) is 13.7. The highest BCUT2D eigenvalue weighted by molar-refractivity contribution is 7.16. The highest BCUT2D eigenvalue weighted by atomic mass is 32.1. The van der Waals surface area contributed by atoms with Crippen molar-refractivity contribution in [3.8, 4) is 17.3 Å². The SMILES string of the molecule is CNC(=O)[C@H]1CC[C@@H](N)CN1C(=O)c1cc(OC)c2c(c1)nc(-c1cc3ccsc3n1CC1CC1)n2C. The number of nitrogens with one attached hydrogen (secondary N) is 1. The minimum Gasteiger partial charge on any atom is -0.494 e. The summed E-state index contributed by atoms with van der Waals surface area (Å²) in [5.41, 5.74) is 9.21. The highest BCUT2D eigenvalue weighted by Gasteiger charge is 2.35. The van der Waals surface area contributed by atoms with E-state index >= 15 is 0 Å². The molecule has 3 N–H and O–H groups in total. The second-order valence-electron chi connectivity index (χ2n) is 10.2. The summed E-state index contributed by atoms with van der Waals surface area (Å²) in [6, 6.07) is 7.21. The molecule has 0 spiro atoms. The number of likely N-dealkylation sites (tertiary alicyclic amines) is 1. The van der Waals surface area contributed by atoms with Gasteiger partial charge in [0.25, 0.3) is 5.91 Å². The van der Waals surface area contributed by atoms with Crippen LogP contribution in [0.3, 0.4) is 0 Å². The Hall–Kier alpha value is -3.37. The minimum absolute atomic E-state index is 0.162. The molecule has 1 aliphatic heterocycles. The first kappa shape index (κ1) is 24.0. The van der Waals surface area contributed by atoms with Gasteiger partial charge in [-0.2, -0.15) is 0 Å². The summed E-state index contributed by atoms with van der Waals surface area (Å²) in [5.74, 6) is 1.71. The Labute approximate surface area is 219 Å². The molecule has 10 heteroatoms. The van der Waals surface area contributed by atoms with E-state index in [1.165, 1.54) is 23.1 Å². The van der Waals surface area contributed by atoms with Crippen molar-refractivity contribution in [3.63, 3.8) is 0 Å². The fourth-order valence-corrected chi connectivity index (χ4v) is 6.45. The van der Waals surface area contributed by atoms with E-state index in [0.717, 1.165) is 23.6 Å². The topological polar surface area (TPSA) is 107 Å². The average Bonchev–Trinajstić information content (AvgIpc) is 3.35. The molecule has 1 aromatic carbocycles. The number of piperidine rings is 1. The molecule has 2 amide bonds. The molecule has 0 bridgehead atoms. The maximum absolute atomic E-state index is 13.7. The molecule has 4 heterocycles. The van der Waals surface area contributed by atoms with Gasteiger partial charge in [-0.3, -0.25) is 9.59 Å². The summed E-state index contributed by atoms with van der Waals surface area (Å²) in [6.07, 6.45) is 3.77. The average molecular weight is 521 g/mol. The number of nitrogens with two attached hydrogens (primary N) is 1. The number of hydrogen-bond acceptors (Lipinski definition) is 6. The van der Waals surface area contributed by atoms with Gasteiger partial charge in [-0.05, 0) is 61.2 Å². The molecule has 4 aromatic rings. The number of likely N-dealkylation sites (N-methyl/N-ethyl adjacent to an activating group) is 1. The zero-order valence-corrected chi connectivity index (χ0v) is 22.2. The number of fused-ring (bicyclic) bond motifs is 2. The van der Waals surface area contributed by atoms with E-state index < -0.39 is 6.04 Å². The Morgan fingerprint density at radius 3 is 2.76 bits per heavy atom. The number of aryl methyl sites for hydroxylation is 1. The summed E-state index contributed by atoms with van der Waals surface area (Å²) >= 11 is 1.75. The lowest BCUT2D eigenvalue weighted by atomic mass is 9.97. The highest BCUT2D eigenvalue weighted by Crippen LogP contribution is 2.39. The van der Waals surface area contributed by atoms with Crippen molar-refractivity contribution in [3.05, 3.63) is 35.2 Å². The summed E-state index contributed by atoms with van der Waals surface area (Å²) in [4.78, 5) is 34.1. The molecule has 1 saturated carbocycles. The second-order valence-corrected chi connectivity index (χ2v) is 11.1. The molecule has 6 rings (SSSR count). The number of thiophene rings is 1. The van der Waals surface area contributed by atoms with Crippen molar-refractivity contribution in [2.75, 3.05) is 20.7 Å².